The Morgan fingerprint density at radius 3 is 2.83 bits per heavy atom. The Labute approximate surface area is 145 Å². The molecule has 124 valence electrons. The van der Waals surface area contributed by atoms with Gasteiger partial charge in [0, 0.05) is 6.20 Å². The van der Waals surface area contributed by atoms with Crippen LogP contribution >= 0.6 is 11.6 Å². The van der Waals surface area contributed by atoms with Crippen LogP contribution in [0.3, 0.4) is 0 Å². The van der Waals surface area contributed by atoms with Gasteiger partial charge in [-0.2, -0.15) is 0 Å². The minimum Gasteiger partial charge on any atom is -0.319 e. The fraction of sp³-hybridized carbons (Fsp3) is 0.235. The van der Waals surface area contributed by atoms with Gasteiger partial charge in [0.25, 0.3) is 0 Å². The zero-order valence-electron chi connectivity index (χ0n) is 13.5. The quantitative estimate of drug-likeness (QED) is 0.894. The second-order valence-electron chi connectivity index (χ2n) is 5.86. The van der Waals surface area contributed by atoms with E-state index in [0.717, 1.165) is 28.5 Å². The van der Waals surface area contributed by atoms with Gasteiger partial charge in [-0.15, -0.1) is 0 Å². The number of para-hydroxylation sites is 1. The van der Waals surface area contributed by atoms with Crippen LogP contribution in [0.1, 0.15) is 6.92 Å². The van der Waals surface area contributed by atoms with Crippen molar-refractivity contribution in [1.29, 1.82) is 0 Å². The van der Waals surface area contributed by atoms with E-state index < -0.39 is 0 Å². The van der Waals surface area contributed by atoms with E-state index in [0.29, 0.717) is 11.7 Å². The molecule has 0 amide bonds. The molecule has 0 bridgehead atoms. The Kier molecular flexibility index (Phi) is 3.60. The molecular formula is C17H18ClN5O. The first kappa shape index (κ1) is 15.3. The Morgan fingerprint density at radius 1 is 1.29 bits per heavy atom. The van der Waals surface area contributed by atoms with Crippen molar-refractivity contribution in [2.75, 3.05) is 18.7 Å². The lowest BCUT2D eigenvalue weighted by molar-refractivity contribution is -0.0951. The van der Waals surface area contributed by atoms with E-state index in [4.69, 9.17) is 22.2 Å². The maximum absolute atomic E-state index is 6.44. The lowest BCUT2D eigenvalue weighted by atomic mass is 10.0. The van der Waals surface area contributed by atoms with Crippen LogP contribution in [0.25, 0.3) is 0 Å². The van der Waals surface area contributed by atoms with Crippen LogP contribution in [0.15, 0.2) is 64.4 Å². The number of hydroxylamine groups is 2. The minimum absolute atomic E-state index is 0.242. The van der Waals surface area contributed by atoms with E-state index >= 15 is 0 Å². The number of fused-ring (bicyclic) bond motifs is 2. The molecule has 2 N–H and O–H groups in total. The molecular weight excluding hydrogens is 326 g/mol. The van der Waals surface area contributed by atoms with Gasteiger partial charge in [-0.3, -0.25) is 9.83 Å². The highest BCUT2D eigenvalue weighted by molar-refractivity contribution is 6.33. The molecule has 0 saturated heterocycles. The molecule has 3 aliphatic heterocycles. The van der Waals surface area contributed by atoms with Gasteiger partial charge < -0.3 is 15.5 Å². The standard InChI is InChI=1S/C17H18ClN5O/c1-11-8-22(14-6-4-3-5-13(14)18)17-16(15(11)19)20-7-12-9-21(24-2)10-23(12)17/h3-9,15H,10,19H2,1-2H3. The average Bonchev–Trinajstić information content (AvgIpc) is 3.02. The predicted octanol–water partition coefficient (Wildman–Crippen LogP) is 2.62. The number of aliphatic imine (C=N–C) groups is 1. The summed E-state index contributed by atoms with van der Waals surface area (Å²) < 4.78 is 0. The number of rotatable bonds is 2. The molecule has 24 heavy (non-hydrogen) atoms. The van der Waals surface area contributed by atoms with E-state index in [9.17, 15) is 0 Å². The summed E-state index contributed by atoms with van der Waals surface area (Å²) >= 11 is 6.44. The third-order valence-corrected chi connectivity index (χ3v) is 4.70. The Morgan fingerprint density at radius 2 is 2.08 bits per heavy atom. The molecule has 7 heteroatoms. The van der Waals surface area contributed by atoms with Crippen LogP contribution in [0.4, 0.5) is 5.69 Å². The van der Waals surface area contributed by atoms with Crippen LogP contribution < -0.4 is 10.6 Å². The summed E-state index contributed by atoms with van der Waals surface area (Å²) in [5.74, 6) is 0.912. The van der Waals surface area contributed by atoms with Crippen LogP contribution in [0.5, 0.6) is 0 Å². The molecule has 1 aromatic rings. The van der Waals surface area contributed by atoms with Crippen LogP contribution in [0.2, 0.25) is 5.02 Å². The van der Waals surface area contributed by atoms with Crippen molar-refractivity contribution in [3.8, 4) is 0 Å². The first-order chi connectivity index (χ1) is 11.6. The number of hydrogen-bond acceptors (Lipinski definition) is 6. The van der Waals surface area contributed by atoms with Gasteiger partial charge in [0.2, 0.25) is 0 Å². The van der Waals surface area contributed by atoms with Gasteiger partial charge in [-0.25, -0.2) is 5.06 Å². The molecule has 0 aliphatic carbocycles. The summed E-state index contributed by atoms with van der Waals surface area (Å²) in [6.07, 6.45) is 5.76. The summed E-state index contributed by atoms with van der Waals surface area (Å²) in [5.41, 5.74) is 10.1. The predicted molar refractivity (Wildman–Crippen MR) is 94.8 cm³/mol. The summed E-state index contributed by atoms with van der Waals surface area (Å²) in [6, 6.07) is 7.50. The summed E-state index contributed by atoms with van der Waals surface area (Å²) in [5, 5.41) is 2.42. The number of nitrogens with zero attached hydrogens (tertiary/aromatic N) is 4. The molecule has 4 rings (SSSR count). The number of nitrogens with two attached hydrogens (primary N) is 1. The molecule has 0 saturated carbocycles. The third-order valence-electron chi connectivity index (χ3n) is 4.38. The smallest absolute Gasteiger partial charge is 0.143 e. The number of halogens is 1. The van der Waals surface area contributed by atoms with Gasteiger partial charge in [0.05, 0.1) is 42.0 Å². The summed E-state index contributed by atoms with van der Waals surface area (Å²) in [7, 11) is 1.64. The number of allylic oxidation sites excluding steroid dienone is 1. The van der Waals surface area contributed by atoms with Crippen LogP contribution in [0, 0.1) is 0 Å². The normalized spacial score (nSPS) is 22.5. The molecule has 0 radical (unpaired) electrons. The minimum atomic E-state index is -0.242. The van der Waals surface area contributed by atoms with Gasteiger partial charge in [0.1, 0.15) is 18.2 Å². The molecule has 3 aliphatic rings. The molecule has 1 aromatic carbocycles. The average molecular weight is 344 g/mol. The van der Waals surface area contributed by atoms with Crippen molar-refractivity contribution < 1.29 is 4.84 Å². The van der Waals surface area contributed by atoms with E-state index in [-0.39, 0.29) is 6.04 Å². The molecule has 0 aromatic heterocycles. The van der Waals surface area contributed by atoms with E-state index in [1.807, 2.05) is 49.8 Å². The monoisotopic (exact) mass is 343 g/mol. The number of benzene rings is 1. The maximum Gasteiger partial charge on any atom is 0.143 e. The van der Waals surface area contributed by atoms with Gasteiger partial charge in [-0.05, 0) is 24.6 Å². The van der Waals surface area contributed by atoms with Crippen molar-refractivity contribution in [3.05, 3.63) is 64.5 Å². The summed E-state index contributed by atoms with van der Waals surface area (Å²) in [4.78, 5) is 14.1. The first-order valence-corrected chi connectivity index (χ1v) is 8.04. The largest absolute Gasteiger partial charge is 0.319 e. The van der Waals surface area contributed by atoms with Crippen molar-refractivity contribution in [1.82, 2.24) is 9.96 Å². The second kappa shape index (κ2) is 5.66. The van der Waals surface area contributed by atoms with Crippen molar-refractivity contribution >= 4 is 23.5 Å². The fourth-order valence-electron chi connectivity index (χ4n) is 3.08. The van der Waals surface area contributed by atoms with Crippen LogP contribution in [-0.4, -0.2) is 36.0 Å². The fourth-order valence-corrected chi connectivity index (χ4v) is 3.30. The van der Waals surface area contributed by atoms with Gasteiger partial charge in [0.15, 0.2) is 0 Å². The van der Waals surface area contributed by atoms with Crippen LogP contribution in [-0.2, 0) is 4.84 Å². The first-order valence-electron chi connectivity index (χ1n) is 7.66. The maximum atomic E-state index is 6.44. The number of hydrogen-bond donors (Lipinski definition) is 1. The van der Waals surface area contributed by atoms with Gasteiger partial charge >= 0.3 is 0 Å². The highest BCUT2D eigenvalue weighted by Gasteiger charge is 2.37. The van der Waals surface area contributed by atoms with Crippen molar-refractivity contribution in [3.63, 3.8) is 0 Å². The number of anilines is 1. The zero-order valence-corrected chi connectivity index (χ0v) is 14.2. The molecule has 0 spiro atoms. The lowest BCUT2D eigenvalue weighted by Gasteiger charge is -2.40. The highest BCUT2D eigenvalue weighted by Crippen LogP contribution is 2.39. The molecule has 3 heterocycles. The third kappa shape index (κ3) is 2.23. The zero-order chi connectivity index (χ0) is 16.8. The highest BCUT2D eigenvalue weighted by atomic mass is 35.5. The van der Waals surface area contributed by atoms with Crippen molar-refractivity contribution in [2.45, 2.75) is 13.0 Å². The Bertz CT molecular complexity index is 813. The van der Waals surface area contributed by atoms with E-state index in [1.165, 1.54) is 0 Å². The van der Waals surface area contributed by atoms with Gasteiger partial charge in [-0.1, -0.05) is 23.7 Å². The topological polar surface area (TPSA) is 57.3 Å². The van der Waals surface area contributed by atoms with E-state index in [2.05, 4.69) is 14.8 Å². The molecule has 0 fully saturated rings. The summed E-state index contributed by atoms with van der Waals surface area (Å²) in [6.45, 7) is 2.57. The SMILES string of the molecule is CON1C=C2C=NC3=C(N2C1)N(c1ccccc1Cl)C=C(C)C3N. The Hall–Kier alpha value is -2.28. The Balaban J connectivity index is 1.85. The molecule has 1 atom stereocenters. The molecule has 6 nitrogen and oxygen atoms in total. The lowest BCUT2D eigenvalue weighted by Crippen LogP contribution is -2.43. The van der Waals surface area contributed by atoms with Crippen molar-refractivity contribution in [2.24, 2.45) is 10.7 Å². The molecule has 1 unspecified atom stereocenters. The second-order valence-corrected chi connectivity index (χ2v) is 6.27. The van der Waals surface area contributed by atoms with E-state index in [1.54, 1.807) is 12.2 Å².